The number of ether oxygens (including phenoxy) is 2. The number of rotatable bonds is 9. The molecule has 1 fully saturated rings. The first kappa shape index (κ1) is 17.6. The second kappa shape index (κ2) is 9.44. The number of hydrogen-bond donors (Lipinski definition) is 0. The van der Waals surface area contributed by atoms with Crippen LogP contribution in [0.3, 0.4) is 0 Å². The quantitative estimate of drug-likeness (QED) is 0.568. The summed E-state index contributed by atoms with van der Waals surface area (Å²) in [6, 6.07) is 0. The van der Waals surface area contributed by atoms with Crippen molar-refractivity contribution < 1.29 is 9.47 Å². The molecule has 1 aliphatic rings. The molecular formula is C15H28Cl2O2. The van der Waals surface area contributed by atoms with Crippen LogP contribution in [0.25, 0.3) is 0 Å². The number of alkyl halides is 2. The second-order valence-electron chi connectivity index (χ2n) is 5.70. The van der Waals surface area contributed by atoms with Crippen molar-refractivity contribution in [3.05, 3.63) is 0 Å². The van der Waals surface area contributed by atoms with E-state index in [0.717, 1.165) is 32.7 Å². The summed E-state index contributed by atoms with van der Waals surface area (Å²) >= 11 is 11.9. The molecule has 0 bridgehead atoms. The van der Waals surface area contributed by atoms with Crippen LogP contribution in [-0.4, -0.2) is 31.8 Å². The van der Waals surface area contributed by atoms with Gasteiger partial charge in [0, 0.05) is 19.1 Å². The van der Waals surface area contributed by atoms with Crippen molar-refractivity contribution in [2.75, 3.05) is 26.9 Å². The standard InChI is InChI=1S/C15H28Cl2O2/c1-3-19-12-15(11-18-2,10-9-14(16)17)13-7-5-4-6-8-13/h13-14H,3-12H2,1-2H3. The van der Waals surface area contributed by atoms with Crippen LogP contribution in [0, 0.1) is 11.3 Å². The fourth-order valence-electron chi connectivity index (χ4n) is 3.33. The van der Waals surface area contributed by atoms with Gasteiger partial charge in [-0.25, -0.2) is 0 Å². The minimum absolute atomic E-state index is 0.0905. The smallest absolute Gasteiger partial charge is 0.107 e. The van der Waals surface area contributed by atoms with Crippen molar-refractivity contribution in [2.24, 2.45) is 11.3 Å². The summed E-state index contributed by atoms with van der Waals surface area (Å²) in [5, 5.41) is 0. The summed E-state index contributed by atoms with van der Waals surface area (Å²) in [7, 11) is 1.78. The molecule has 1 saturated carbocycles. The van der Waals surface area contributed by atoms with E-state index in [9.17, 15) is 0 Å². The van der Waals surface area contributed by atoms with Crippen LogP contribution in [0.5, 0.6) is 0 Å². The van der Waals surface area contributed by atoms with Crippen LogP contribution in [0.15, 0.2) is 0 Å². The zero-order valence-electron chi connectivity index (χ0n) is 12.3. The van der Waals surface area contributed by atoms with E-state index in [2.05, 4.69) is 0 Å². The van der Waals surface area contributed by atoms with Gasteiger partial charge in [0.25, 0.3) is 0 Å². The summed E-state index contributed by atoms with van der Waals surface area (Å²) in [6.07, 6.45) is 8.39. The van der Waals surface area contributed by atoms with Crippen LogP contribution in [0.2, 0.25) is 0 Å². The second-order valence-corrected chi connectivity index (χ2v) is 6.97. The highest BCUT2D eigenvalue weighted by Crippen LogP contribution is 2.43. The third kappa shape index (κ3) is 5.79. The minimum Gasteiger partial charge on any atom is -0.384 e. The molecule has 114 valence electrons. The maximum absolute atomic E-state index is 5.94. The van der Waals surface area contributed by atoms with Crippen molar-refractivity contribution in [2.45, 2.75) is 56.7 Å². The van der Waals surface area contributed by atoms with Gasteiger partial charge in [0.2, 0.25) is 0 Å². The molecule has 1 aliphatic carbocycles. The van der Waals surface area contributed by atoms with Crippen molar-refractivity contribution in [1.82, 2.24) is 0 Å². The third-order valence-electron chi connectivity index (χ3n) is 4.36. The van der Waals surface area contributed by atoms with Gasteiger partial charge in [-0.15, -0.1) is 23.2 Å². The molecular weight excluding hydrogens is 283 g/mol. The number of methoxy groups -OCH3 is 1. The van der Waals surface area contributed by atoms with E-state index < -0.39 is 0 Å². The Bertz CT molecular complexity index is 230. The fraction of sp³-hybridized carbons (Fsp3) is 1.00. The van der Waals surface area contributed by atoms with E-state index in [0.29, 0.717) is 5.92 Å². The SMILES string of the molecule is CCOCC(CCC(Cl)Cl)(COC)C1CCCCC1. The summed E-state index contributed by atoms with van der Waals surface area (Å²) in [6.45, 7) is 4.31. The van der Waals surface area contributed by atoms with Crippen molar-refractivity contribution in [3.8, 4) is 0 Å². The highest BCUT2D eigenvalue weighted by molar-refractivity contribution is 6.44. The van der Waals surface area contributed by atoms with Crippen molar-refractivity contribution >= 4 is 23.2 Å². The Morgan fingerprint density at radius 3 is 2.37 bits per heavy atom. The van der Waals surface area contributed by atoms with E-state index in [-0.39, 0.29) is 10.3 Å². The van der Waals surface area contributed by atoms with E-state index in [1.807, 2.05) is 6.92 Å². The minimum atomic E-state index is -0.290. The van der Waals surface area contributed by atoms with Crippen molar-refractivity contribution in [3.63, 3.8) is 0 Å². The Morgan fingerprint density at radius 2 is 1.84 bits per heavy atom. The first-order valence-electron chi connectivity index (χ1n) is 7.49. The van der Waals surface area contributed by atoms with Crippen LogP contribution in [0.4, 0.5) is 0 Å². The monoisotopic (exact) mass is 310 g/mol. The molecule has 1 unspecified atom stereocenters. The molecule has 0 aliphatic heterocycles. The predicted octanol–water partition coefficient (Wildman–Crippen LogP) is 4.82. The van der Waals surface area contributed by atoms with E-state index in [1.54, 1.807) is 7.11 Å². The normalized spacial score (nSPS) is 20.7. The van der Waals surface area contributed by atoms with Crippen LogP contribution >= 0.6 is 23.2 Å². The van der Waals surface area contributed by atoms with Crippen LogP contribution in [-0.2, 0) is 9.47 Å². The number of hydrogen-bond acceptors (Lipinski definition) is 2. The molecule has 0 spiro atoms. The zero-order valence-corrected chi connectivity index (χ0v) is 13.8. The Balaban J connectivity index is 2.74. The highest BCUT2D eigenvalue weighted by Gasteiger charge is 2.39. The molecule has 2 nitrogen and oxygen atoms in total. The Morgan fingerprint density at radius 1 is 1.16 bits per heavy atom. The average molecular weight is 311 g/mol. The van der Waals surface area contributed by atoms with Gasteiger partial charge < -0.3 is 9.47 Å². The first-order valence-corrected chi connectivity index (χ1v) is 8.36. The van der Waals surface area contributed by atoms with Crippen molar-refractivity contribution in [1.29, 1.82) is 0 Å². The van der Waals surface area contributed by atoms with Crippen LogP contribution in [0.1, 0.15) is 51.9 Å². The Kier molecular flexibility index (Phi) is 8.72. The maximum Gasteiger partial charge on any atom is 0.107 e. The maximum atomic E-state index is 5.94. The van der Waals surface area contributed by atoms with Gasteiger partial charge in [0.1, 0.15) is 4.84 Å². The molecule has 0 saturated heterocycles. The summed E-state index contributed by atoms with van der Waals surface area (Å²) < 4.78 is 11.3. The molecule has 1 atom stereocenters. The molecule has 0 aromatic carbocycles. The molecule has 4 heteroatoms. The molecule has 19 heavy (non-hydrogen) atoms. The Hall–Kier alpha value is 0.500. The third-order valence-corrected chi connectivity index (χ3v) is 4.79. The zero-order chi connectivity index (χ0) is 14.1. The first-order chi connectivity index (χ1) is 9.14. The highest BCUT2D eigenvalue weighted by atomic mass is 35.5. The van der Waals surface area contributed by atoms with Crippen LogP contribution < -0.4 is 0 Å². The molecule has 0 aromatic rings. The van der Waals surface area contributed by atoms with Gasteiger partial charge >= 0.3 is 0 Å². The topological polar surface area (TPSA) is 18.5 Å². The predicted molar refractivity (Wildman–Crippen MR) is 82.1 cm³/mol. The average Bonchev–Trinajstić information content (AvgIpc) is 2.43. The molecule has 0 amide bonds. The van der Waals surface area contributed by atoms with Gasteiger partial charge in [-0.3, -0.25) is 0 Å². The molecule has 1 rings (SSSR count). The number of halogens is 2. The van der Waals surface area contributed by atoms with Gasteiger partial charge in [0.15, 0.2) is 0 Å². The molecule has 0 radical (unpaired) electrons. The van der Waals surface area contributed by atoms with Gasteiger partial charge in [-0.2, -0.15) is 0 Å². The van der Waals surface area contributed by atoms with Gasteiger partial charge in [0.05, 0.1) is 13.2 Å². The summed E-state index contributed by atoms with van der Waals surface area (Å²) in [5.41, 5.74) is 0.0905. The summed E-state index contributed by atoms with van der Waals surface area (Å²) in [5.74, 6) is 0.680. The lowest BCUT2D eigenvalue weighted by molar-refractivity contribution is -0.0568. The van der Waals surface area contributed by atoms with E-state index in [4.69, 9.17) is 32.7 Å². The largest absolute Gasteiger partial charge is 0.384 e. The van der Waals surface area contributed by atoms with E-state index >= 15 is 0 Å². The lowest BCUT2D eigenvalue weighted by atomic mass is 9.67. The van der Waals surface area contributed by atoms with Gasteiger partial charge in [-0.05, 0) is 38.5 Å². The summed E-state index contributed by atoms with van der Waals surface area (Å²) in [4.78, 5) is -0.290. The Labute approximate surface area is 128 Å². The van der Waals surface area contributed by atoms with E-state index in [1.165, 1.54) is 32.1 Å². The molecule has 0 heterocycles. The molecule has 0 N–H and O–H groups in total. The molecule has 0 aromatic heterocycles. The lowest BCUT2D eigenvalue weighted by Gasteiger charge is -2.42. The van der Waals surface area contributed by atoms with Gasteiger partial charge in [-0.1, -0.05) is 19.3 Å². The fourth-order valence-corrected chi connectivity index (χ4v) is 3.55. The lowest BCUT2D eigenvalue weighted by Crippen LogP contribution is -2.41.